The summed E-state index contributed by atoms with van der Waals surface area (Å²) in [4.78, 5) is 25.9. The molecule has 0 aliphatic heterocycles. The molecule has 0 spiro atoms. The van der Waals surface area contributed by atoms with Crippen molar-refractivity contribution in [3.05, 3.63) is 24.0 Å². The van der Waals surface area contributed by atoms with Crippen molar-refractivity contribution >= 4 is 29.3 Å². The highest BCUT2D eigenvalue weighted by Gasteiger charge is 2.12. The van der Waals surface area contributed by atoms with E-state index in [4.69, 9.17) is 10.4 Å². The van der Waals surface area contributed by atoms with Crippen LogP contribution in [0.25, 0.3) is 0 Å². The molecule has 6 nitrogen and oxygen atoms in total. The molecule has 1 rings (SSSR count). The summed E-state index contributed by atoms with van der Waals surface area (Å²) >= 11 is 1.15. The first-order valence-electron chi connectivity index (χ1n) is 4.58. The molecule has 1 aromatic heterocycles. The van der Waals surface area contributed by atoms with Crippen LogP contribution < -0.4 is 5.32 Å². The molecule has 1 heterocycles. The fourth-order valence-corrected chi connectivity index (χ4v) is 1.50. The second-order valence-corrected chi connectivity index (χ2v) is 3.89. The number of hydrogen-bond acceptors (Lipinski definition) is 5. The Hall–Kier alpha value is -2.07. The Balaban J connectivity index is 2.65. The van der Waals surface area contributed by atoms with E-state index >= 15 is 0 Å². The number of nitrogens with zero attached hydrogens (tertiary/aromatic N) is 2. The molecule has 0 aromatic carbocycles. The lowest BCUT2D eigenvalue weighted by atomic mass is 10.3. The molecule has 88 valence electrons. The normalized spacial score (nSPS) is 9.35. The first-order valence-corrected chi connectivity index (χ1v) is 5.73. The Bertz CT molecular complexity index is 470. The SMILES string of the molecule is N#CCSCC(=O)Nc1cccnc1C(=O)O. The molecular weight excluding hydrogens is 242 g/mol. The number of amides is 1. The van der Waals surface area contributed by atoms with Crippen LogP contribution in [0.15, 0.2) is 18.3 Å². The topological polar surface area (TPSA) is 103 Å². The lowest BCUT2D eigenvalue weighted by Gasteiger charge is -2.06. The van der Waals surface area contributed by atoms with E-state index < -0.39 is 5.97 Å². The Morgan fingerprint density at radius 2 is 2.35 bits per heavy atom. The summed E-state index contributed by atoms with van der Waals surface area (Å²) in [6.45, 7) is 0. The minimum atomic E-state index is -1.20. The quantitative estimate of drug-likeness (QED) is 0.756. The molecular formula is C10H9N3O3S. The molecule has 0 atom stereocenters. The number of thioether (sulfide) groups is 1. The van der Waals surface area contributed by atoms with E-state index in [0.717, 1.165) is 11.8 Å². The molecule has 0 aliphatic rings. The molecule has 2 N–H and O–H groups in total. The van der Waals surface area contributed by atoms with E-state index in [1.807, 2.05) is 6.07 Å². The predicted molar refractivity (Wildman–Crippen MR) is 62.8 cm³/mol. The van der Waals surface area contributed by atoms with Gasteiger partial charge in [-0.1, -0.05) is 0 Å². The monoisotopic (exact) mass is 251 g/mol. The fourth-order valence-electron chi connectivity index (χ4n) is 1.05. The number of nitriles is 1. The van der Waals surface area contributed by atoms with Gasteiger partial charge in [0.2, 0.25) is 5.91 Å². The molecule has 7 heteroatoms. The number of hydrogen-bond donors (Lipinski definition) is 2. The zero-order valence-corrected chi connectivity index (χ0v) is 9.53. The summed E-state index contributed by atoms with van der Waals surface area (Å²) in [5.41, 5.74) is -0.0475. The maximum atomic E-state index is 11.4. The van der Waals surface area contributed by atoms with Gasteiger partial charge >= 0.3 is 5.97 Å². The maximum absolute atomic E-state index is 11.4. The number of rotatable bonds is 5. The average Bonchev–Trinajstić information content (AvgIpc) is 2.29. The fraction of sp³-hybridized carbons (Fsp3) is 0.200. The third-order valence-corrected chi connectivity index (χ3v) is 2.48. The number of pyridine rings is 1. The van der Waals surface area contributed by atoms with Gasteiger partial charge in [-0.2, -0.15) is 5.26 Å². The molecule has 1 amide bonds. The maximum Gasteiger partial charge on any atom is 0.356 e. The molecule has 0 aliphatic carbocycles. The highest BCUT2D eigenvalue weighted by molar-refractivity contribution is 8.00. The zero-order chi connectivity index (χ0) is 12.7. The van der Waals surface area contributed by atoms with Crippen LogP contribution in [-0.4, -0.2) is 33.5 Å². The standard InChI is InChI=1S/C10H9N3O3S/c11-3-5-17-6-8(14)13-7-2-1-4-12-9(7)10(15)16/h1-2,4H,5-6H2,(H,13,14)(H,15,16). The van der Waals surface area contributed by atoms with Gasteiger partial charge in [0.25, 0.3) is 0 Å². The molecule has 0 unspecified atom stereocenters. The van der Waals surface area contributed by atoms with Crippen LogP contribution in [0.3, 0.4) is 0 Å². The second-order valence-electron chi connectivity index (χ2n) is 2.90. The van der Waals surface area contributed by atoms with E-state index in [9.17, 15) is 9.59 Å². The summed E-state index contributed by atoms with van der Waals surface area (Å²) in [7, 11) is 0. The third kappa shape index (κ3) is 4.12. The minimum Gasteiger partial charge on any atom is -0.476 e. The van der Waals surface area contributed by atoms with Gasteiger partial charge in [-0.3, -0.25) is 4.79 Å². The van der Waals surface area contributed by atoms with Gasteiger partial charge in [0.15, 0.2) is 5.69 Å². The molecule has 0 saturated carbocycles. The number of anilines is 1. The van der Waals surface area contributed by atoms with Crippen molar-refractivity contribution in [3.8, 4) is 6.07 Å². The van der Waals surface area contributed by atoms with E-state index in [-0.39, 0.29) is 28.8 Å². The van der Waals surface area contributed by atoms with Crippen LogP contribution in [-0.2, 0) is 4.79 Å². The average molecular weight is 251 g/mol. The summed E-state index contributed by atoms with van der Waals surface area (Å²) in [6.07, 6.45) is 1.34. The molecule has 17 heavy (non-hydrogen) atoms. The van der Waals surface area contributed by atoms with Crippen molar-refractivity contribution < 1.29 is 14.7 Å². The third-order valence-electron chi connectivity index (χ3n) is 1.68. The first-order chi connectivity index (χ1) is 8.15. The second kappa shape index (κ2) is 6.50. The van der Waals surface area contributed by atoms with Crippen LogP contribution in [0.2, 0.25) is 0 Å². The number of aromatic carboxylic acids is 1. The molecule has 0 bridgehead atoms. The van der Waals surface area contributed by atoms with Crippen molar-refractivity contribution in [1.82, 2.24) is 4.98 Å². The molecule has 0 saturated heterocycles. The van der Waals surface area contributed by atoms with Gasteiger partial charge < -0.3 is 10.4 Å². The van der Waals surface area contributed by atoms with Gasteiger partial charge in [-0.05, 0) is 12.1 Å². The summed E-state index contributed by atoms with van der Waals surface area (Å²) < 4.78 is 0. The summed E-state index contributed by atoms with van der Waals surface area (Å²) in [5, 5.41) is 19.6. The van der Waals surface area contributed by atoms with Crippen molar-refractivity contribution in [1.29, 1.82) is 5.26 Å². The lowest BCUT2D eigenvalue weighted by molar-refractivity contribution is -0.113. The van der Waals surface area contributed by atoms with Gasteiger partial charge in [-0.15, -0.1) is 11.8 Å². The Kier molecular flexibility index (Phi) is 4.97. The molecule has 0 radical (unpaired) electrons. The molecule has 1 aromatic rings. The van der Waals surface area contributed by atoms with Crippen LogP contribution >= 0.6 is 11.8 Å². The van der Waals surface area contributed by atoms with Crippen LogP contribution in [0.4, 0.5) is 5.69 Å². The van der Waals surface area contributed by atoms with Crippen molar-refractivity contribution in [2.75, 3.05) is 16.8 Å². The zero-order valence-electron chi connectivity index (χ0n) is 8.71. The van der Waals surface area contributed by atoms with Gasteiger partial charge in [-0.25, -0.2) is 9.78 Å². The Morgan fingerprint density at radius 1 is 1.59 bits per heavy atom. The van der Waals surface area contributed by atoms with E-state index in [2.05, 4.69) is 10.3 Å². The Labute approximate surface area is 102 Å². The first kappa shape index (κ1) is 13.0. The van der Waals surface area contributed by atoms with E-state index in [1.165, 1.54) is 18.3 Å². The highest BCUT2D eigenvalue weighted by Crippen LogP contribution is 2.12. The lowest BCUT2D eigenvalue weighted by Crippen LogP contribution is -2.17. The number of carboxylic acids is 1. The predicted octanol–water partition coefficient (Wildman–Crippen LogP) is 0.975. The van der Waals surface area contributed by atoms with Crippen LogP contribution in [0, 0.1) is 11.3 Å². The smallest absolute Gasteiger partial charge is 0.356 e. The Morgan fingerprint density at radius 3 is 3.00 bits per heavy atom. The van der Waals surface area contributed by atoms with Crippen molar-refractivity contribution in [2.24, 2.45) is 0 Å². The van der Waals surface area contributed by atoms with Gasteiger partial charge in [0.1, 0.15) is 0 Å². The van der Waals surface area contributed by atoms with Crippen molar-refractivity contribution in [3.63, 3.8) is 0 Å². The van der Waals surface area contributed by atoms with E-state index in [0.29, 0.717) is 0 Å². The van der Waals surface area contributed by atoms with Gasteiger partial charge in [0, 0.05) is 6.20 Å². The van der Waals surface area contributed by atoms with Crippen LogP contribution in [0.1, 0.15) is 10.5 Å². The number of carbonyl (C=O) groups is 2. The summed E-state index contributed by atoms with van der Waals surface area (Å²) in [6, 6.07) is 4.89. The van der Waals surface area contributed by atoms with E-state index in [1.54, 1.807) is 0 Å². The number of nitrogens with one attached hydrogen (secondary N) is 1. The van der Waals surface area contributed by atoms with Gasteiger partial charge in [0.05, 0.1) is 23.3 Å². The number of aromatic nitrogens is 1. The largest absolute Gasteiger partial charge is 0.476 e. The van der Waals surface area contributed by atoms with Crippen molar-refractivity contribution in [2.45, 2.75) is 0 Å². The summed E-state index contributed by atoms with van der Waals surface area (Å²) in [5.74, 6) is -1.25. The number of carbonyl (C=O) groups excluding carboxylic acids is 1. The van der Waals surface area contributed by atoms with Crippen LogP contribution in [0.5, 0.6) is 0 Å². The minimum absolute atomic E-state index is 0.0987. The molecule has 0 fully saturated rings. The number of carboxylic acid groups (broad SMARTS) is 1. The highest BCUT2D eigenvalue weighted by atomic mass is 32.2.